The van der Waals surface area contributed by atoms with Gasteiger partial charge in [0.15, 0.2) is 0 Å². The first-order valence-corrected chi connectivity index (χ1v) is 6.55. The Labute approximate surface area is 110 Å². The normalized spacial score (nSPS) is 10.1. The van der Waals surface area contributed by atoms with E-state index in [4.69, 9.17) is 5.26 Å². The maximum absolute atomic E-state index is 13.6. The van der Waals surface area contributed by atoms with Gasteiger partial charge in [-0.25, -0.2) is 4.39 Å². The largest absolute Gasteiger partial charge is 0.378 e. The van der Waals surface area contributed by atoms with E-state index in [0.717, 1.165) is 6.42 Å². The Balaban J connectivity index is 2.04. The molecule has 0 aliphatic rings. The summed E-state index contributed by atoms with van der Waals surface area (Å²) in [5.41, 5.74) is 0.767. The zero-order valence-corrected chi connectivity index (χ0v) is 10.9. The van der Waals surface area contributed by atoms with Crippen molar-refractivity contribution in [1.82, 2.24) is 0 Å². The molecule has 1 aromatic carbocycles. The highest BCUT2D eigenvalue weighted by Crippen LogP contribution is 2.20. The molecule has 0 aliphatic carbocycles. The fourth-order valence-electron chi connectivity index (χ4n) is 1.62. The van der Waals surface area contributed by atoms with Gasteiger partial charge in [-0.3, -0.25) is 0 Å². The number of benzene rings is 1. The molecular formula is C14H13FN2S. The molecule has 0 bridgehead atoms. The summed E-state index contributed by atoms with van der Waals surface area (Å²) in [6.07, 6.45) is 1.02. The molecule has 2 nitrogen and oxygen atoms in total. The number of rotatable bonds is 4. The molecule has 0 saturated carbocycles. The predicted octanol–water partition coefficient (Wildman–Crippen LogP) is 3.93. The van der Waals surface area contributed by atoms with Crippen LogP contribution >= 0.6 is 11.3 Å². The van der Waals surface area contributed by atoms with Crippen molar-refractivity contribution >= 4 is 17.0 Å². The lowest BCUT2D eigenvalue weighted by atomic mass is 10.2. The third kappa shape index (κ3) is 2.88. The molecule has 0 atom stereocenters. The van der Waals surface area contributed by atoms with Crippen LogP contribution in [0.4, 0.5) is 10.1 Å². The smallest absolute Gasteiger partial charge is 0.147 e. The minimum atomic E-state index is -0.388. The summed E-state index contributed by atoms with van der Waals surface area (Å²) in [5.74, 6) is -0.388. The summed E-state index contributed by atoms with van der Waals surface area (Å²) in [4.78, 5) is 2.50. The minimum Gasteiger partial charge on any atom is -0.378 e. The second kappa shape index (κ2) is 5.65. The first-order chi connectivity index (χ1) is 8.72. The lowest BCUT2D eigenvalue weighted by Crippen LogP contribution is -2.00. The van der Waals surface area contributed by atoms with Gasteiger partial charge in [0.25, 0.3) is 0 Å². The number of hydrogen-bond donors (Lipinski definition) is 1. The van der Waals surface area contributed by atoms with Crippen molar-refractivity contribution in [2.75, 3.05) is 5.32 Å². The lowest BCUT2D eigenvalue weighted by Gasteiger charge is -2.06. The van der Waals surface area contributed by atoms with E-state index in [1.54, 1.807) is 23.5 Å². The lowest BCUT2D eigenvalue weighted by molar-refractivity contribution is 0.629. The number of aryl methyl sites for hydroxylation is 1. The molecule has 18 heavy (non-hydrogen) atoms. The van der Waals surface area contributed by atoms with Crippen molar-refractivity contribution < 1.29 is 4.39 Å². The van der Waals surface area contributed by atoms with Crippen LogP contribution in [-0.2, 0) is 13.0 Å². The predicted molar refractivity (Wildman–Crippen MR) is 72.1 cm³/mol. The molecule has 0 amide bonds. The van der Waals surface area contributed by atoms with Gasteiger partial charge in [0.1, 0.15) is 5.82 Å². The number of anilines is 1. The molecule has 4 heteroatoms. The van der Waals surface area contributed by atoms with Crippen molar-refractivity contribution in [3.63, 3.8) is 0 Å². The minimum absolute atomic E-state index is 0.336. The summed E-state index contributed by atoms with van der Waals surface area (Å²) in [7, 11) is 0. The van der Waals surface area contributed by atoms with Crippen molar-refractivity contribution in [2.24, 2.45) is 0 Å². The maximum Gasteiger partial charge on any atom is 0.147 e. The highest BCUT2D eigenvalue weighted by molar-refractivity contribution is 7.12. The SMILES string of the molecule is CCc1ccc(CNc2ccc(C#N)cc2F)s1. The standard InChI is InChI=1S/C14H13FN2S/c1-2-11-4-5-12(18-11)9-17-14-6-3-10(8-16)7-13(14)15/h3-7,17H,2,9H2,1H3. The maximum atomic E-state index is 13.6. The van der Waals surface area contributed by atoms with E-state index in [0.29, 0.717) is 17.8 Å². The number of hydrogen-bond acceptors (Lipinski definition) is 3. The van der Waals surface area contributed by atoms with E-state index in [9.17, 15) is 4.39 Å². The van der Waals surface area contributed by atoms with E-state index in [1.807, 2.05) is 6.07 Å². The van der Waals surface area contributed by atoms with Gasteiger partial charge in [-0.05, 0) is 36.8 Å². The monoisotopic (exact) mass is 260 g/mol. The van der Waals surface area contributed by atoms with Gasteiger partial charge in [-0.1, -0.05) is 6.92 Å². The Morgan fingerprint density at radius 1 is 1.28 bits per heavy atom. The Hall–Kier alpha value is -1.86. The van der Waals surface area contributed by atoms with Crippen molar-refractivity contribution in [2.45, 2.75) is 19.9 Å². The molecule has 1 aromatic heterocycles. The van der Waals surface area contributed by atoms with Crippen LogP contribution in [0.5, 0.6) is 0 Å². The topological polar surface area (TPSA) is 35.8 Å². The Morgan fingerprint density at radius 2 is 2.06 bits per heavy atom. The van der Waals surface area contributed by atoms with E-state index in [-0.39, 0.29) is 5.82 Å². The molecule has 0 unspecified atom stereocenters. The number of halogens is 1. The van der Waals surface area contributed by atoms with Gasteiger partial charge in [0.05, 0.1) is 17.3 Å². The third-order valence-electron chi connectivity index (χ3n) is 2.62. The zero-order chi connectivity index (χ0) is 13.0. The Morgan fingerprint density at radius 3 is 2.67 bits per heavy atom. The number of nitrogens with one attached hydrogen (secondary N) is 1. The summed E-state index contributed by atoms with van der Waals surface area (Å²) >= 11 is 1.73. The molecule has 0 saturated heterocycles. The highest BCUT2D eigenvalue weighted by Gasteiger charge is 2.04. The number of thiophene rings is 1. The van der Waals surface area contributed by atoms with Gasteiger partial charge in [0, 0.05) is 16.3 Å². The van der Waals surface area contributed by atoms with E-state index < -0.39 is 0 Å². The summed E-state index contributed by atoms with van der Waals surface area (Å²) in [6.45, 7) is 2.72. The number of nitrogens with zero attached hydrogens (tertiary/aromatic N) is 1. The molecule has 1 heterocycles. The number of nitriles is 1. The van der Waals surface area contributed by atoms with E-state index >= 15 is 0 Å². The average Bonchev–Trinajstić information content (AvgIpc) is 2.85. The second-order valence-electron chi connectivity index (χ2n) is 3.88. The van der Waals surface area contributed by atoms with Crippen molar-refractivity contribution in [1.29, 1.82) is 5.26 Å². The Bertz CT molecular complexity index is 584. The van der Waals surface area contributed by atoms with Gasteiger partial charge in [0.2, 0.25) is 0 Å². The summed E-state index contributed by atoms with van der Waals surface area (Å²) in [6, 6.07) is 10.5. The van der Waals surface area contributed by atoms with Crippen LogP contribution in [0.3, 0.4) is 0 Å². The van der Waals surface area contributed by atoms with Crippen molar-refractivity contribution in [3.8, 4) is 6.07 Å². The molecule has 0 aliphatic heterocycles. The zero-order valence-electron chi connectivity index (χ0n) is 10.0. The van der Waals surface area contributed by atoms with E-state index in [2.05, 4.69) is 24.4 Å². The van der Waals surface area contributed by atoms with Crippen LogP contribution in [0, 0.1) is 17.1 Å². The van der Waals surface area contributed by atoms with Crippen LogP contribution in [-0.4, -0.2) is 0 Å². The molecule has 0 fully saturated rings. The van der Waals surface area contributed by atoms with E-state index in [1.165, 1.54) is 15.8 Å². The fourth-order valence-corrected chi connectivity index (χ4v) is 2.52. The van der Waals surface area contributed by atoms with Crippen LogP contribution in [0.1, 0.15) is 22.2 Å². The average molecular weight is 260 g/mol. The third-order valence-corrected chi connectivity index (χ3v) is 3.85. The Kier molecular flexibility index (Phi) is 3.96. The van der Waals surface area contributed by atoms with Crippen LogP contribution < -0.4 is 5.32 Å². The fraction of sp³-hybridized carbons (Fsp3) is 0.214. The molecule has 2 aromatic rings. The van der Waals surface area contributed by atoms with Crippen LogP contribution in [0.25, 0.3) is 0 Å². The molecule has 0 radical (unpaired) electrons. The molecule has 92 valence electrons. The molecule has 1 N–H and O–H groups in total. The molecule has 0 spiro atoms. The first kappa shape index (κ1) is 12.6. The summed E-state index contributed by atoms with van der Waals surface area (Å²) in [5, 5.41) is 11.7. The molecule has 2 rings (SSSR count). The molecular weight excluding hydrogens is 247 g/mol. The van der Waals surface area contributed by atoms with Gasteiger partial charge in [-0.15, -0.1) is 11.3 Å². The highest BCUT2D eigenvalue weighted by atomic mass is 32.1. The summed E-state index contributed by atoms with van der Waals surface area (Å²) < 4.78 is 13.6. The quantitative estimate of drug-likeness (QED) is 0.904. The van der Waals surface area contributed by atoms with Crippen LogP contribution in [0.2, 0.25) is 0 Å². The van der Waals surface area contributed by atoms with Gasteiger partial charge >= 0.3 is 0 Å². The van der Waals surface area contributed by atoms with Crippen LogP contribution in [0.15, 0.2) is 30.3 Å². The van der Waals surface area contributed by atoms with Gasteiger partial charge < -0.3 is 5.32 Å². The van der Waals surface area contributed by atoms with Crippen molar-refractivity contribution in [3.05, 3.63) is 51.5 Å². The van der Waals surface area contributed by atoms with Gasteiger partial charge in [-0.2, -0.15) is 5.26 Å². The first-order valence-electron chi connectivity index (χ1n) is 5.74. The second-order valence-corrected chi connectivity index (χ2v) is 5.13.